The van der Waals surface area contributed by atoms with E-state index < -0.39 is 0 Å². The quantitative estimate of drug-likeness (QED) is 0.277. The Morgan fingerprint density at radius 3 is 2.90 bits per heavy atom. The summed E-state index contributed by atoms with van der Waals surface area (Å²) in [6, 6.07) is 14.5. The van der Waals surface area contributed by atoms with Gasteiger partial charge in [0, 0.05) is 42.8 Å². The van der Waals surface area contributed by atoms with Crippen LogP contribution in [0.2, 0.25) is 0 Å². The number of aromatic nitrogens is 7. The van der Waals surface area contributed by atoms with Crippen LogP contribution in [0.5, 0.6) is 5.75 Å². The molecule has 1 amide bonds. The molecule has 0 saturated carbocycles. The maximum atomic E-state index is 12.4. The summed E-state index contributed by atoms with van der Waals surface area (Å²) in [4.78, 5) is 30.1. The Bertz CT molecular complexity index is 1850. The van der Waals surface area contributed by atoms with Crippen molar-refractivity contribution in [3.05, 3.63) is 78.6 Å². The molecule has 2 aliphatic rings. The van der Waals surface area contributed by atoms with Crippen molar-refractivity contribution in [2.45, 2.75) is 19.1 Å². The molecule has 2 aliphatic heterocycles. The summed E-state index contributed by atoms with van der Waals surface area (Å²) in [5, 5.41) is 29.5. The van der Waals surface area contributed by atoms with E-state index >= 15 is 0 Å². The van der Waals surface area contributed by atoms with Gasteiger partial charge >= 0.3 is 0 Å². The van der Waals surface area contributed by atoms with Crippen LogP contribution in [0, 0.1) is 11.8 Å². The predicted octanol–water partition coefficient (Wildman–Crippen LogP) is 1.93. The van der Waals surface area contributed by atoms with Gasteiger partial charge in [0.05, 0.1) is 24.5 Å². The fourth-order valence-corrected chi connectivity index (χ4v) is 5.32. The van der Waals surface area contributed by atoms with Gasteiger partial charge in [-0.15, -0.1) is 10.2 Å². The second-order valence-corrected chi connectivity index (χ2v) is 9.98. The van der Waals surface area contributed by atoms with Crippen LogP contribution in [0.25, 0.3) is 16.9 Å². The Morgan fingerprint density at radius 1 is 1.12 bits per heavy atom. The topological polar surface area (TPSA) is 150 Å². The van der Waals surface area contributed by atoms with E-state index in [2.05, 4.69) is 69.4 Å². The summed E-state index contributed by atoms with van der Waals surface area (Å²) in [7, 11) is 0. The SMILES string of the molecule is C[C@H]1CN(c2ccnc(C#CCNC(=O)c3cc4ncccn4n3)n2)C[C@@H]2Nc3nnc(-c4ccccc4O)cc3N21. The molecule has 1 fully saturated rings. The summed E-state index contributed by atoms with van der Waals surface area (Å²) in [6.45, 7) is 3.65. The lowest BCUT2D eigenvalue weighted by atomic mass is 10.1. The highest BCUT2D eigenvalue weighted by molar-refractivity contribution is 5.93. The largest absolute Gasteiger partial charge is 0.507 e. The Kier molecular flexibility index (Phi) is 6.20. The molecule has 0 unspecified atom stereocenters. The first-order valence-corrected chi connectivity index (χ1v) is 13.4. The van der Waals surface area contributed by atoms with E-state index in [1.54, 1.807) is 47.4 Å². The van der Waals surface area contributed by atoms with Crippen molar-refractivity contribution in [3.63, 3.8) is 0 Å². The number of phenolic OH excluding ortho intramolecular Hbond substituents is 1. The van der Waals surface area contributed by atoms with Crippen LogP contribution in [0.15, 0.2) is 67.1 Å². The molecule has 5 aromatic rings. The van der Waals surface area contributed by atoms with Crippen LogP contribution in [-0.2, 0) is 0 Å². The van der Waals surface area contributed by atoms with Crippen molar-refractivity contribution in [1.29, 1.82) is 0 Å². The van der Waals surface area contributed by atoms with Crippen molar-refractivity contribution in [3.8, 4) is 28.8 Å². The van der Waals surface area contributed by atoms with Crippen molar-refractivity contribution in [2.24, 2.45) is 0 Å². The molecule has 0 aliphatic carbocycles. The fourth-order valence-electron chi connectivity index (χ4n) is 5.32. The normalized spacial score (nSPS) is 17.2. The standard InChI is InChI=1S/C29H25N11O2/c1-18-16-38(17-27-34-28-22(40(18)27)14-20(35-36-28)19-6-2-3-7-23(19)41)25-9-12-30-24(33-25)8-4-10-32-29(42)21-15-26-31-11-5-13-39(26)37-21/h2-3,5-7,9,11-15,18,27,41H,10,16-17H2,1H3,(H,32,42)(H,34,36)/t18-,27+/m0/s1. The molecule has 1 saturated heterocycles. The number of fused-ring (bicyclic) bond motifs is 4. The second-order valence-electron chi connectivity index (χ2n) is 9.98. The third-order valence-corrected chi connectivity index (χ3v) is 7.20. The zero-order valence-corrected chi connectivity index (χ0v) is 22.5. The number of nitrogens with one attached hydrogen (secondary N) is 2. The highest BCUT2D eigenvalue weighted by atomic mass is 16.3. The molecule has 0 bridgehead atoms. The smallest absolute Gasteiger partial charge is 0.272 e. The lowest BCUT2D eigenvalue weighted by molar-refractivity contribution is 0.0953. The second kappa shape index (κ2) is 10.3. The average molecular weight is 560 g/mol. The van der Waals surface area contributed by atoms with Gasteiger partial charge < -0.3 is 25.5 Å². The number of hydrogen-bond donors (Lipinski definition) is 3. The summed E-state index contributed by atoms with van der Waals surface area (Å²) >= 11 is 0. The molecule has 13 nitrogen and oxygen atoms in total. The van der Waals surface area contributed by atoms with Gasteiger partial charge in [-0.3, -0.25) is 4.79 Å². The van der Waals surface area contributed by atoms with E-state index in [9.17, 15) is 9.90 Å². The van der Waals surface area contributed by atoms with Crippen molar-refractivity contribution in [1.82, 2.24) is 40.1 Å². The lowest BCUT2D eigenvalue weighted by Gasteiger charge is -2.43. The maximum Gasteiger partial charge on any atom is 0.272 e. The fraction of sp³-hybridized carbons (Fsp3) is 0.207. The van der Waals surface area contributed by atoms with Crippen LogP contribution in [0.4, 0.5) is 17.3 Å². The van der Waals surface area contributed by atoms with E-state index in [1.807, 2.05) is 24.3 Å². The van der Waals surface area contributed by atoms with Gasteiger partial charge in [-0.25, -0.2) is 19.5 Å². The van der Waals surface area contributed by atoms with Gasteiger partial charge in [0.2, 0.25) is 5.82 Å². The number of hydrogen-bond acceptors (Lipinski definition) is 11. The lowest BCUT2D eigenvalue weighted by Crippen LogP contribution is -2.58. The highest BCUT2D eigenvalue weighted by Crippen LogP contribution is 2.40. The molecule has 4 aromatic heterocycles. The number of rotatable bonds is 4. The summed E-state index contributed by atoms with van der Waals surface area (Å²) in [5.41, 5.74) is 3.08. The number of phenols is 1. The number of aromatic hydroxyl groups is 1. The minimum absolute atomic E-state index is 0.0350. The van der Waals surface area contributed by atoms with Crippen LogP contribution >= 0.6 is 0 Å². The molecule has 2 atom stereocenters. The van der Waals surface area contributed by atoms with Crippen LogP contribution in [-0.4, -0.2) is 77.6 Å². The number of benzene rings is 1. The van der Waals surface area contributed by atoms with Crippen molar-refractivity contribution in [2.75, 3.05) is 34.8 Å². The Balaban J connectivity index is 1.02. The van der Waals surface area contributed by atoms with Crippen molar-refractivity contribution >= 4 is 28.9 Å². The molecule has 6 heterocycles. The summed E-state index contributed by atoms with van der Waals surface area (Å²) < 4.78 is 1.54. The average Bonchev–Trinajstić information content (AvgIpc) is 3.61. The number of piperazine rings is 1. The number of anilines is 3. The molecular formula is C29H25N11O2. The molecule has 0 radical (unpaired) electrons. The molecule has 0 spiro atoms. The van der Waals surface area contributed by atoms with Gasteiger partial charge in [0.1, 0.15) is 17.7 Å². The molecule has 42 heavy (non-hydrogen) atoms. The van der Waals surface area contributed by atoms with Gasteiger partial charge in [-0.1, -0.05) is 18.1 Å². The number of carbonyl (C=O) groups is 1. The van der Waals surface area contributed by atoms with Gasteiger partial charge in [0.15, 0.2) is 17.2 Å². The number of carbonyl (C=O) groups excluding carboxylic acids is 1. The van der Waals surface area contributed by atoms with Gasteiger partial charge in [-0.2, -0.15) is 5.10 Å². The Hall–Kier alpha value is -5.77. The number of nitrogens with zero attached hydrogens (tertiary/aromatic N) is 9. The Morgan fingerprint density at radius 2 is 2.02 bits per heavy atom. The zero-order valence-electron chi connectivity index (χ0n) is 22.5. The third-order valence-electron chi connectivity index (χ3n) is 7.20. The van der Waals surface area contributed by atoms with E-state index in [-0.39, 0.29) is 36.1 Å². The molecule has 13 heteroatoms. The Labute approximate surface area is 240 Å². The van der Waals surface area contributed by atoms with E-state index in [1.165, 1.54) is 0 Å². The monoisotopic (exact) mass is 559 g/mol. The zero-order chi connectivity index (χ0) is 28.6. The first-order chi connectivity index (χ1) is 20.5. The first kappa shape index (κ1) is 25.2. The maximum absolute atomic E-state index is 12.4. The van der Waals surface area contributed by atoms with Crippen LogP contribution in [0.1, 0.15) is 23.2 Å². The summed E-state index contributed by atoms with van der Waals surface area (Å²) in [6.07, 6.45) is 5.03. The van der Waals surface area contributed by atoms with E-state index in [0.717, 1.165) is 18.1 Å². The minimum Gasteiger partial charge on any atom is -0.507 e. The minimum atomic E-state index is -0.334. The third kappa shape index (κ3) is 4.64. The molecule has 208 valence electrons. The van der Waals surface area contributed by atoms with Gasteiger partial charge in [-0.05, 0) is 43.2 Å². The highest BCUT2D eigenvalue weighted by Gasteiger charge is 2.39. The molecule has 1 aromatic carbocycles. The number of para-hydroxylation sites is 1. The first-order valence-electron chi connectivity index (χ1n) is 13.4. The molecular weight excluding hydrogens is 534 g/mol. The predicted molar refractivity (Wildman–Crippen MR) is 155 cm³/mol. The van der Waals surface area contributed by atoms with E-state index in [4.69, 9.17) is 0 Å². The van der Waals surface area contributed by atoms with Crippen LogP contribution < -0.4 is 20.4 Å². The van der Waals surface area contributed by atoms with Gasteiger partial charge in [0.25, 0.3) is 5.91 Å². The van der Waals surface area contributed by atoms with Crippen LogP contribution in [0.3, 0.4) is 0 Å². The van der Waals surface area contributed by atoms with E-state index in [0.29, 0.717) is 35.1 Å². The molecule has 3 N–H and O–H groups in total. The number of amides is 1. The molecule has 7 rings (SSSR count). The summed E-state index contributed by atoms with van der Waals surface area (Å²) in [5.74, 6) is 7.54. The van der Waals surface area contributed by atoms with Crippen molar-refractivity contribution < 1.29 is 9.90 Å².